The maximum atomic E-state index is 12.8. The molecule has 2 aromatic heterocycles. The molecule has 0 saturated heterocycles. The Morgan fingerprint density at radius 2 is 2.04 bits per heavy atom. The minimum Gasteiger partial charge on any atom is -0.480 e. The highest BCUT2D eigenvalue weighted by Crippen LogP contribution is 2.52. The van der Waals surface area contributed by atoms with E-state index < -0.39 is 27.4 Å². The van der Waals surface area contributed by atoms with Crippen molar-refractivity contribution in [1.29, 1.82) is 0 Å². The second kappa shape index (κ2) is 6.29. The van der Waals surface area contributed by atoms with E-state index in [1.54, 1.807) is 43.3 Å². The molecular formula is C18H16N2O5S2. The molecule has 0 unspecified atom stereocenters. The Kier molecular flexibility index (Phi) is 4.17. The van der Waals surface area contributed by atoms with Crippen molar-refractivity contribution in [2.24, 2.45) is 0 Å². The summed E-state index contributed by atoms with van der Waals surface area (Å²) in [6.45, 7) is 1.75. The van der Waals surface area contributed by atoms with Crippen LogP contribution in [0.4, 0.5) is 0 Å². The van der Waals surface area contributed by atoms with E-state index in [0.29, 0.717) is 16.3 Å². The highest BCUT2D eigenvalue weighted by molar-refractivity contribution is 7.91. The van der Waals surface area contributed by atoms with Gasteiger partial charge in [-0.25, -0.2) is 8.42 Å². The van der Waals surface area contributed by atoms with E-state index in [1.807, 2.05) is 6.07 Å². The van der Waals surface area contributed by atoms with Crippen molar-refractivity contribution in [3.8, 4) is 10.6 Å². The number of benzene rings is 1. The number of nitrogens with zero attached hydrogens (tertiary/aromatic N) is 1. The van der Waals surface area contributed by atoms with Gasteiger partial charge >= 0.3 is 5.97 Å². The van der Waals surface area contributed by atoms with Crippen LogP contribution in [0.15, 0.2) is 57.3 Å². The molecule has 27 heavy (non-hydrogen) atoms. The van der Waals surface area contributed by atoms with Crippen LogP contribution >= 0.6 is 11.3 Å². The molecule has 140 valence electrons. The maximum absolute atomic E-state index is 12.8. The fraction of sp³-hybridized carbons (Fsp3) is 0.222. The van der Waals surface area contributed by atoms with Crippen molar-refractivity contribution in [1.82, 2.24) is 9.88 Å². The van der Waals surface area contributed by atoms with Gasteiger partial charge in [-0.3, -0.25) is 4.79 Å². The van der Waals surface area contributed by atoms with Gasteiger partial charge in [0.15, 0.2) is 0 Å². The number of hydrogen-bond donors (Lipinski definition) is 2. The number of aryl methyl sites for hydroxylation is 1. The number of carbonyl (C=O) groups is 1. The molecule has 2 N–H and O–H groups in total. The first-order chi connectivity index (χ1) is 12.8. The topological polar surface area (TPSA) is 110 Å². The molecular weight excluding hydrogens is 388 g/mol. The number of hydrogen-bond acceptors (Lipinski definition) is 6. The lowest BCUT2D eigenvalue weighted by Crippen LogP contribution is -2.44. The lowest BCUT2D eigenvalue weighted by atomic mass is 10.1. The third-order valence-corrected chi connectivity index (χ3v) is 7.70. The zero-order valence-electron chi connectivity index (χ0n) is 14.2. The van der Waals surface area contributed by atoms with Crippen LogP contribution in [0.25, 0.3) is 10.6 Å². The Hall–Kier alpha value is -2.49. The molecule has 1 aliphatic rings. The molecule has 1 aliphatic carbocycles. The smallest absolute Gasteiger partial charge is 0.325 e. The Bertz CT molecular complexity index is 1100. The van der Waals surface area contributed by atoms with Crippen LogP contribution in [0.2, 0.25) is 0 Å². The van der Waals surface area contributed by atoms with E-state index in [1.165, 1.54) is 6.07 Å². The molecule has 1 fully saturated rings. The molecule has 0 aliphatic heterocycles. The lowest BCUT2D eigenvalue weighted by molar-refractivity contribution is -0.140. The summed E-state index contributed by atoms with van der Waals surface area (Å²) in [6, 6.07) is 13.8. The average Bonchev–Trinajstić information content (AvgIpc) is 2.98. The summed E-state index contributed by atoms with van der Waals surface area (Å²) < 4.78 is 33.1. The summed E-state index contributed by atoms with van der Waals surface area (Å²) in [5.74, 6) is -0.957. The predicted octanol–water partition coefficient (Wildman–Crippen LogP) is 3.00. The van der Waals surface area contributed by atoms with Gasteiger partial charge in [0.2, 0.25) is 0 Å². The first-order valence-corrected chi connectivity index (χ1v) is 10.5. The van der Waals surface area contributed by atoms with E-state index >= 15 is 0 Å². The number of nitrogens with one attached hydrogen (secondary N) is 1. The molecule has 0 bridgehead atoms. The molecule has 1 aromatic carbocycles. The van der Waals surface area contributed by atoms with Gasteiger partial charge in [-0.2, -0.15) is 4.72 Å². The van der Waals surface area contributed by atoms with Gasteiger partial charge in [0.25, 0.3) is 10.0 Å². The third-order valence-electron chi connectivity index (χ3n) is 4.59. The Balaban J connectivity index is 1.61. The Morgan fingerprint density at radius 1 is 1.30 bits per heavy atom. The molecule has 9 heteroatoms. The van der Waals surface area contributed by atoms with Gasteiger partial charge in [-0.15, -0.1) is 11.3 Å². The highest BCUT2D eigenvalue weighted by atomic mass is 32.2. The maximum Gasteiger partial charge on any atom is 0.325 e. The molecule has 0 radical (unpaired) electrons. The summed E-state index contributed by atoms with van der Waals surface area (Å²) >= 11 is 1.02. The van der Waals surface area contributed by atoms with E-state index in [2.05, 4.69) is 9.88 Å². The Morgan fingerprint density at radius 3 is 2.67 bits per heavy atom. The largest absolute Gasteiger partial charge is 0.480 e. The second-order valence-electron chi connectivity index (χ2n) is 6.49. The van der Waals surface area contributed by atoms with Crippen molar-refractivity contribution in [3.05, 3.63) is 59.9 Å². The quantitative estimate of drug-likeness (QED) is 0.654. The molecule has 2 heterocycles. The van der Waals surface area contributed by atoms with Gasteiger partial charge in [0, 0.05) is 12.0 Å². The fourth-order valence-corrected chi connectivity index (χ4v) is 5.78. The third kappa shape index (κ3) is 3.18. The molecule has 0 amide bonds. The molecule has 1 saturated carbocycles. The first-order valence-electron chi connectivity index (χ1n) is 8.18. The van der Waals surface area contributed by atoms with Crippen LogP contribution in [0.5, 0.6) is 0 Å². The van der Waals surface area contributed by atoms with Crippen molar-refractivity contribution >= 4 is 27.3 Å². The second-order valence-corrected chi connectivity index (χ2v) is 9.48. The summed E-state index contributed by atoms with van der Waals surface area (Å²) in [4.78, 5) is 12.5. The van der Waals surface area contributed by atoms with Crippen molar-refractivity contribution in [2.75, 3.05) is 0 Å². The molecule has 4 rings (SSSR count). The zero-order chi connectivity index (χ0) is 19.2. The number of rotatable bonds is 6. The summed E-state index contributed by atoms with van der Waals surface area (Å²) in [6.07, 6.45) is 0.215. The number of thiophene rings is 1. The van der Waals surface area contributed by atoms with Crippen LogP contribution in [-0.2, 0) is 14.8 Å². The van der Waals surface area contributed by atoms with Crippen molar-refractivity contribution < 1.29 is 22.8 Å². The van der Waals surface area contributed by atoms with Crippen molar-refractivity contribution in [3.63, 3.8) is 0 Å². The SMILES string of the molecule is Cc1cc(-c2ccc(S(=O)(=O)N[C@@]3(C(=O)O)C[C@@H]3c3ccccc3)s2)no1. The van der Waals surface area contributed by atoms with Crippen LogP contribution in [0, 0.1) is 6.92 Å². The number of carboxylic acids is 1. The molecule has 7 nitrogen and oxygen atoms in total. The van der Waals surface area contributed by atoms with Gasteiger partial charge in [-0.1, -0.05) is 35.5 Å². The summed E-state index contributed by atoms with van der Waals surface area (Å²) in [7, 11) is -3.99. The van der Waals surface area contributed by atoms with Gasteiger partial charge in [0.1, 0.15) is 21.2 Å². The van der Waals surface area contributed by atoms with Gasteiger partial charge in [0.05, 0.1) is 4.88 Å². The van der Waals surface area contributed by atoms with E-state index in [0.717, 1.165) is 16.9 Å². The van der Waals surface area contributed by atoms with E-state index in [4.69, 9.17) is 4.52 Å². The van der Waals surface area contributed by atoms with Crippen LogP contribution < -0.4 is 4.72 Å². The first kappa shape index (κ1) is 17.9. The normalized spacial score (nSPS) is 21.9. The fourth-order valence-electron chi connectivity index (χ4n) is 3.12. The summed E-state index contributed by atoms with van der Waals surface area (Å²) in [5.41, 5.74) is -0.178. The lowest BCUT2D eigenvalue weighted by Gasteiger charge is -2.14. The minimum absolute atomic E-state index is 0.0393. The number of aromatic nitrogens is 1. The minimum atomic E-state index is -3.99. The van der Waals surface area contributed by atoms with Crippen LogP contribution in [-0.4, -0.2) is 30.2 Å². The van der Waals surface area contributed by atoms with Crippen LogP contribution in [0.1, 0.15) is 23.7 Å². The standard InChI is InChI=1S/C18H16N2O5S2/c1-11-9-14(19-25-11)15-7-8-16(26-15)27(23,24)20-18(17(21)22)10-13(18)12-5-3-2-4-6-12/h2-9,13,20H,10H2,1H3,(H,21,22)/t13-,18+/m1/s1. The molecule has 2 atom stereocenters. The van der Waals surface area contributed by atoms with Crippen molar-refractivity contribution in [2.45, 2.75) is 29.0 Å². The zero-order valence-corrected chi connectivity index (χ0v) is 15.9. The number of sulfonamides is 1. The number of carboxylic acid groups (broad SMARTS) is 1. The predicted molar refractivity (Wildman–Crippen MR) is 99.0 cm³/mol. The molecule has 3 aromatic rings. The number of aliphatic carboxylic acids is 1. The molecule has 0 spiro atoms. The van der Waals surface area contributed by atoms with E-state index in [9.17, 15) is 18.3 Å². The Labute approximate surface area is 159 Å². The van der Waals surface area contributed by atoms with Gasteiger partial charge in [-0.05, 0) is 31.0 Å². The highest BCUT2D eigenvalue weighted by Gasteiger charge is 2.63. The summed E-state index contributed by atoms with van der Waals surface area (Å²) in [5, 5.41) is 13.6. The van der Waals surface area contributed by atoms with Crippen LogP contribution in [0.3, 0.4) is 0 Å². The van der Waals surface area contributed by atoms with Gasteiger partial charge < -0.3 is 9.63 Å². The average molecular weight is 404 g/mol. The monoisotopic (exact) mass is 404 g/mol. The van der Waals surface area contributed by atoms with E-state index in [-0.39, 0.29) is 10.6 Å².